The van der Waals surface area contributed by atoms with Crippen molar-refractivity contribution in [3.63, 3.8) is 0 Å². The zero-order chi connectivity index (χ0) is 14.5. The average molecular weight is 270 g/mol. The number of nitrogens with one attached hydrogen (secondary N) is 2. The maximum Gasteiger partial charge on any atom is 0.315 e. The summed E-state index contributed by atoms with van der Waals surface area (Å²) in [4.78, 5) is 0. The lowest BCUT2D eigenvalue weighted by Crippen LogP contribution is -2.35. The van der Waals surface area contributed by atoms with Crippen LogP contribution in [0.1, 0.15) is 40.5 Å². The van der Waals surface area contributed by atoms with Crippen LogP contribution >= 0.6 is 0 Å². The monoisotopic (exact) mass is 270 g/mol. The number of nitrogens with zero attached hydrogens (tertiary/aromatic N) is 2. The standard InChI is InChI=1S/C13H26N4O2/c1-9(2)10(8-18-6)15-12-17-16-11(19-12)7-14-13(3,4)5/h9-10,14H,7-8H2,1-6H3,(H,15,17). The van der Waals surface area contributed by atoms with Crippen LogP contribution in [0.5, 0.6) is 0 Å². The van der Waals surface area contributed by atoms with Gasteiger partial charge in [0.15, 0.2) is 0 Å². The molecule has 2 N–H and O–H groups in total. The molecule has 0 saturated heterocycles. The van der Waals surface area contributed by atoms with Crippen LogP contribution < -0.4 is 10.6 Å². The predicted molar refractivity (Wildman–Crippen MR) is 75.0 cm³/mol. The third kappa shape index (κ3) is 6.02. The van der Waals surface area contributed by atoms with Crippen LogP contribution in [0.15, 0.2) is 4.42 Å². The fourth-order valence-electron chi connectivity index (χ4n) is 1.46. The molecular weight excluding hydrogens is 244 g/mol. The van der Waals surface area contributed by atoms with Crippen molar-refractivity contribution in [2.24, 2.45) is 5.92 Å². The van der Waals surface area contributed by atoms with E-state index in [1.54, 1.807) is 7.11 Å². The van der Waals surface area contributed by atoms with Crippen molar-refractivity contribution in [1.29, 1.82) is 0 Å². The molecule has 0 bridgehead atoms. The lowest BCUT2D eigenvalue weighted by molar-refractivity contribution is 0.170. The van der Waals surface area contributed by atoms with Crippen molar-refractivity contribution in [2.75, 3.05) is 19.0 Å². The first-order chi connectivity index (χ1) is 8.81. The Bertz CT molecular complexity index is 371. The van der Waals surface area contributed by atoms with E-state index in [1.165, 1.54) is 0 Å². The maximum absolute atomic E-state index is 5.55. The van der Waals surface area contributed by atoms with E-state index in [0.29, 0.717) is 31.0 Å². The zero-order valence-corrected chi connectivity index (χ0v) is 12.8. The molecule has 110 valence electrons. The van der Waals surface area contributed by atoms with E-state index < -0.39 is 0 Å². The Morgan fingerprint density at radius 1 is 1.26 bits per heavy atom. The van der Waals surface area contributed by atoms with Crippen molar-refractivity contribution < 1.29 is 9.15 Å². The molecule has 0 fully saturated rings. The van der Waals surface area contributed by atoms with E-state index in [0.717, 1.165) is 0 Å². The van der Waals surface area contributed by atoms with E-state index in [-0.39, 0.29) is 11.6 Å². The van der Waals surface area contributed by atoms with Crippen LogP contribution in [0.25, 0.3) is 0 Å². The first-order valence-corrected chi connectivity index (χ1v) is 6.64. The van der Waals surface area contributed by atoms with E-state index >= 15 is 0 Å². The summed E-state index contributed by atoms with van der Waals surface area (Å²) >= 11 is 0. The van der Waals surface area contributed by atoms with Gasteiger partial charge in [-0.2, -0.15) is 0 Å². The van der Waals surface area contributed by atoms with Gasteiger partial charge in [0.2, 0.25) is 5.89 Å². The summed E-state index contributed by atoms with van der Waals surface area (Å²) in [7, 11) is 1.68. The van der Waals surface area contributed by atoms with Gasteiger partial charge in [-0.25, -0.2) is 0 Å². The van der Waals surface area contributed by atoms with Gasteiger partial charge < -0.3 is 19.8 Å². The van der Waals surface area contributed by atoms with Gasteiger partial charge in [-0.15, -0.1) is 5.10 Å². The van der Waals surface area contributed by atoms with Gasteiger partial charge in [-0.3, -0.25) is 0 Å². The number of hydrogen-bond donors (Lipinski definition) is 2. The summed E-state index contributed by atoms with van der Waals surface area (Å²) < 4.78 is 10.7. The molecule has 0 radical (unpaired) electrons. The summed E-state index contributed by atoms with van der Waals surface area (Å²) in [5, 5.41) is 14.5. The summed E-state index contributed by atoms with van der Waals surface area (Å²) in [5.41, 5.74) is 0.0264. The second-order valence-electron chi connectivity index (χ2n) is 6.05. The number of aromatic nitrogens is 2. The highest BCUT2D eigenvalue weighted by Gasteiger charge is 2.17. The fourth-order valence-corrected chi connectivity index (χ4v) is 1.46. The minimum absolute atomic E-state index is 0.0264. The minimum atomic E-state index is 0.0264. The molecule has 1 aromatic rings. The van der Waals surface area contributed by atoms with Crippen LogP contribution in [0.3, 0.4) is 0 Å². The van der Waals surface area contributed by atoms with Gasteiger partial charge in [0.05, 0.1) is 19.2 Å². The molecule has 0 spiro atoms. The number of hydrogen-bond acceptors (Lipinski definition) is 6. The highest BCUT2D eigenvalue weighted by atomic mass is 16.5. The lowest BCUT2D eigenvalue weighted by Gasteiger charge is -2.20. The van der Waals surface area contributed by atoms with Crippen molar-refractivity contribution in [3.8, 4) is 0 Å². The zero-order valence-electron chi connectivity index (χ0n) is 12.8. The highest BCUT2D eigenvalue weighted by Crippen LogP contribution is 2.12. The number of anilines is 1. The van der Waals surface area contributed by atoms with Crippen LogP contribution in [0, 0.1) is 5.92 Å². The fraction of sp³-hybridized carbons (Fsp3) is 0.846. The summed E-state index contributed by atoms with van der Waals surface area (Å²) in [6.07, 6.45) is 0. The lowest BCUT2D eigenvalue weighted by atomic mass is 10.1. The molecule has 6 heteroatoms. The molecule has 0 aliphatic carbocycles. The Labute approximate surface area is 115 Å². The molecule has 0 aromatic carbocycles. The van der Waals surface area contributed by atoms with Crippen LogP contribution in [-0.2, 0) is 11.3 Å². The van der Waals surface area contributed by atoms with Crippen LogP contribution in [0.4, 0.5) is 6.01 Å². The van der Waals surface area contributed by atoms with E-state index in [2.05, 4.69) is 55.4 Å². The van der Waals surface area contributed by atoms with Crippen LogP contribution in [-0.4, -0.2) is 35.5 Å². The normalized spacial score (nSPS) is 13.8. The van der Waals surface area contributed by atoms with Crippen LogP contribution in [0.2, 0.25) is 0 Å². The SMILES string of the molecule is COCC(Nc1nnc(CNC(C)(C)C)o1)C(C)C. The third-order valence-corrected chi connectivity index (χ3v) is 2.70. The molecule has 6 nitrogen and oxygen atoms in total. The average Bonchev–Trinajstić information content (AvgIpc) is 2.72. The molecular formula is C13H26N4O2. The first kappa shape index (κ1) is 15.9. The Hall–Kier alpha value is -1.14. The van der Waals surface area contributed by atoms with Crippen molar-refractivity contribution in [2.45, 2.75) is 52.7 Å². The van der Waals surface area contributed by atoms with Crippen molar-refractivity contribution >= 4 is 6.01 Å². The topological polar surface area (TPSA) is 72.2 Å². The largest absolute Gasteiger partial charge is 0.407 e. The molecule has 0 aliphatic rings. The number of rotatable bonds is 7. The molecule has 0 amide bonds. The Morgan fingerprint density at radius 3 is 2.47 bits per heavy atom. The van der Waals surface area contributed by atoms with Crippen molar-refractivity contribution in [3.05, 3.63) is 5.89 Å². The molecule has 19 heavy (non-hydrogen) atoms. The van der Waals surface area contributed by atoms with Gasteiger partial charge in [0.1, 0.15) is 0 Å². The molecule has 1 aromatic heterocycles. The molecule has 1 rings (SSSR count). The smallest absolute Gasteiger partial charge is 0.315 e. The van der Waals surface area contributed by atoms with E-state index in [4.69, 9.17) is 9.15 Å². The predicted octanol–water partition coefficient (Wildman–Crippen LogP) is 2.04. The molecule has 1 atom stereocenters. The van der Waals surface area contributed by atoms with E-state index in [9.17, 15) is 0 Å². The van der Waals surface area contributed by atoms with Gasteiger partial charge in [0.25, 0.3) is 0 Å². The Balaban J connectivity index is 2.54. The van der Waals surface area contributed by atoms with Gasteiger partial charge >= 0.3 is 6.01 Å². The number of ether oxygens (including phenoxy) is 1. The second-order valence-corrected chi connectivity index (χ2v) is 6.05. The molecule has 0 aliphatic heterocycles. The van der Waals surface area contributed by atoms with Crippen molar-refractivity contribution in [1.82, 2.24) is 15.5 Å². The summed E-state index contributed by atoms with van der Waals surface area (Å²) in [6, 6.07) is 0.607. The minimum Gasteiger partial charge on any atom is -0.407 e. The quantitative estimate of drug-likeness (QED) is 0.790. The molecule has 0 saturated carbocycles. The maximum atomic E-state index is 5.55. The number of methoxy groups -OCH3 is 1. The molecule has 1 unspecified atom stereocenters. The van der Waals surface area contributed by atoms with Gasteiger partial charge in [-0.1, -0.05) is 18.9 Å². The van der Waals surface area contributed by atoms with E-state index in [1.807, 2.05) is 0 Å². The molecule has 1 heterocycles. The Morgan fingerprint density at radius 2 is 1.95 bits per heavy atom. The first-order valence-electron chi connectivity index (χ1n) is 6.64. The van der Waals surface area contributed by atoms with Gasteiger partial charge in [0, 0.05) is 12.6 Å². The third-order valence-electron chi connectivity index (χ3n) is 2.70. The highest BCUT2D eigenvalue weighted by molar-refractivity contribution is 5.19. The second kappa shape index (κ2) is 6.86. The summed E-state index contributed by atoms with van der Waals surface area (Å²) in [6.45, 7) is 11.7. The summed E-state index contributed by atoms with van der Waals surface area (Å²) in [5.74, 6) is 1.00. The van der Waals surface area contributed by atoms with Gasteiger partial charge in [-0.05, 0) is 26.7 Å². The Kier molecular flexibility index (Phi) is 5.75.